The van der Waals surface area contributed by atoms with Gasteiger partial charge in [0.25, 0.3) is 0 Å². The lowest BCUT2D eigenvalue weighted by Crippen LogP contribution is -2.30. The predicted octanol–water partition coefficient (Wildman–Crippen LogP) is 5.19. The molecule has 2 aliphatic rings. The van der Waals surface area contributed by atoms with Gasteiger partial charge in [-0.15, -0.1) is 0 Å². The molecule has 1 aliphatic heterocycles. The van der Waals surface area contributed by atoms with E-state index in [1.54, 1.807) is 7.11 Å². The van der Waals surface area contributed by atoms with E-state index in [1.165, 1.54) is 37.7 Å². The van der Waals surface area contributed by atoms with Crippen molar-refractivity contribution in [2.75, 3.05) is 13.9 Å². The minimum atomic E-state index is 0.273. The van der Waals surface area contributed by atoms with Crippen LogP contribution in [-0.2, 0) is 13.2 Å². The van der Waals surface area contributed by atoms with Crippen molar-refractivity contribution in [1.82, 2.24) is 5.32 Å². The van der Waals surface area contributed by atoms with E-state index >= 15 is 0 Å². The van der Waals surface area contributed by atoms with Gasteiger partial charge in [-0.25, -0.2) is 0 Å². The number of ether oxygens (including phenoxy) is 4. The van der Waals surface area contributed by atoms with E-state index < -0.39 is 0 Å². The highest BCUT2D eigenvalue weighted by molar-refractivity contribution is 9.10. The Balaban J connectivity index is 1.41. The molecule has 1 saturated carbocycles. The largest absolute Gasteiger partial charge is 0.493 e. The summed E-state index contributed by atoms with van der Waals surface area (Å²) in [7, 11) is 1.67. The maximum absolute atomic E-state index is 6.07. The molecule has 0 saturated heterocycles. The molecule has 2 aromatic rings. The monoisotopic (exact) mass is 447 g/mol. The zero-order valence-electron chi connectivity index (χ0n) is 16.1. The van der Waals surface area contributed by atoms with Crippen LogP contribution in [0.15, 0.2) is 34.8 Å². The van der Waals surface area contributed by atoms with E-state index in [1.807, 2.05) is 18.2 Å². The smallest absolute Gasteiger partial charge is 0.231 e. The lowest BCUT2D eigenvalue weighted by Gasteiger charge is -2.23. The molecule has 0 aromatic heterocycles. The van der Waals surface area contributed by atoms with E-state index in [0.717, 1.165) is 33.8 Å². The van der Waals surface area contributed by atoms with Crippen molar-refractivity contribution in [3.8, 4) is 23.0 Å². The summed E-state index contributed by atoms with van der Waals surface area (Å²) >= 11 is 3.65. The summed E-state index contributed by atoms with van der Waals surface area (Å²) in [6.07, 6.45) is 6.58. The first kappa shape index (κ1) is 19.4. The minimum absolute atomic E-state index is 0.273. The third kappa shape index (κ3) is 4.55. The average molecular weight is 448 g/mol. The second kappa shape index (κ2) is 9.05. The Morgan fingerprint density at radius 3 is 2.68 bits per heavy atom. The Hall–Kier alpha value is -1.92. The van der Waals surface area contributed by atoms with Gasteiger partial charge in [0.15, 0.2) is 23.0 Å². The Labute approximate surface area is 174 Å². The molecule has 1 N–H and O–H groups in total. The number of benzene rings is 2. The summed E-state index contributed by atoms with van der Waals surface area (Å²) < 4.78 is 23.3. The molecule has 1 aliphatic carbocycles. The van der Waals surface area contributed by atoms with Gasteiger partial charge in [-0.1, -0.05) is 25.3 Å². The quantitative estimate of drug-likeness (QED) is 0.632. The predicted molar refractivity (Wildman–Crippen MR) is 111 cm³/mol. The second-order valence-electron chi connectivity index (χ2n) is 7.30. The van der Waals surface area contributed by atoms with Crippen LogP contribution >= 0.6 is 15.9 Å². The van der Waals surface area contributed by atoms with Crippen molar-refractivity contribution in [2.45, 2.75) is 51.3 Å². The van der Waals surface area contributed by atoms with E-state index in [9.17, 15) is 0 Å². The molecular formula is C22H26BrNO4. The highest BCUT2D eigenvalue weighted by Crippen LogP contribution is 2.38. The van der Waals surface area contributed by atoms with E-state index in [2.05, 4.69) is 33.4 Å². The van der Waals surface area contributed by atoms with Crippen molar-refractivity contribution in [1.29, 1.82) is 0 Å². The van der Waals surface area contributed by atoms with Gasteiger partial charge in [0.05, 0.1) is 11.6 Å². The maximum Gasteiger partial charge on any atom is 0.231 e. The molecule has 1 fully saturated rings. The SMILES string of the molecule is COc1cc(CNC2CCCCC2)cc(Br)c1OCc1ccc2c(c1)OCO2. The number of hydrogen-bond acceptors (Lipinski definition) is 5. The number of fused-ring (bicyclic) bond motifs is 1. The first-order valence-corrected chi connectivity index (χ1v) is 10.6. The molecule has 0 atom stereocenters. The molecule has 1 heterocycles. The number of rotatable bonds is 7. The van der Waals surface area contributed by atoms with E-state index in [-0.39, 0.29) is 6.79 Å². The highest BCUT2D eigenvalue weighted by Gasteiger charge is 2.17. The highest BCUT2D eigenvalue weighted by atomic mass is 79.9. The number of hydrogen-bond donors (Lipinski definition) is 1. The summed E-state index contributed by atoms with van der Waals surface area (Å²) in [6, 6.07) is 10.6. The summed E-state index contributed by atoms with van der Waals surface area (Å²) in [5.41, 5.74) is 2.20. The summed E-state index contributed by atoms with van der Waals surface area (Å²) in [5, 5.41) is 3.67. The van der Waals surface area contributed by atoms with Crippen molar-refractivity contribution in [3.05, 3.63) is 45.9 Å². The van der Waals surface area contributed by atoms with Gasteiger partial charge in [0.2, 0.25) is 6.79 Å². The maximum atomic E-state index is 6.07. The van der Waals surface area contributed by atoms with E-state index in [0.29, 0.717) is 18.4 Å². The summed E-state index contributed by atoms with van der Waals surface area (Å²) in [4.78, 5) is 0. The zero-order chi connectivity index (χ0) is 19.3. The van der Waals surface area contributed by atoms with Gasteiger partial charge in [-0.05, 0) is 64.2 Å². The molecule has 4 rings (SSSR count). The molecule has 6 heteroatoms. The number of halogens is 1. The lowest BCUT2D eigenvalue weighted by molar-refractivity contribution is 0.174. The fourth-order valence-corrected chi connectivity index (χ4v) is 4.37. The third-order valence-electron chi connectivity index (χ3n) is 5.31. The summed E-state index contributed by atoms with van der Waals surface area (Å²) in [5.74, 6) is 2.98. The molecule has 0 bridgehead atoms. The normalized spacial score (nSPS) is 16.2. The average Bonchev–Trinajstić information content (AvgIpc) is 3.19. The molecule has 150 valence electrons. The molecule has 0 amide bonds. The fourth-order valence-electron chi connectivity index (χ4n) is 3.77. The first-order valence-electron chi connectivity index (χ1n) is 9.84. The first-order chi connectivity index (χ1) is 13.7. The Bertz CT molecular complexity index is 820. The van der Waals surface area contributed by atoms with Gasteiger partial charge in [0, 0.05) is 12.6 Å². The zero-order valence-corrected chi connectivity index (χ0v) is 17.7. The standard InChI is InChI=1S/C22H26BrNO4/c1-25-21-11-16(12-24-17-5-3-2-4-6-17)9-18(23)22(21)26-13-15-7-8-19-20(10-15)28-14-27-19/h7-11,17,24H,2-6,12-14H2,1H3. The van der Waals surface area contributed by atoms with E-state index in [4.69, 9.17) is 18.9 Å². The Morgan fingerprint density at radius 1 is 1.04 bits per heavy atom. The van der Waals surface area contributed by atoms with Gasteiger partial charge >= 0.3 is 0 Å². The Morgan fingerprint density at radius 2 is 1.86 bits per heavy atom. The van der Waals surface area contributed by atoms with Crippen LogP contribution in [0.1, 0.15) is 43.2 Å². The van der Waals surface area contributed by atoms with Crippen LogP contribution in [-0.4, -0.2) is 19.9 Å². The molecule has 28 heavy (non-hydrogen) atoms. The molecular weight excluding hydrogens is 422 g/mol. The molecule has 2 aromatic carbocycles. The summed E-state index contributed by atoms with van der Waals surface area (Å²) in [6.45, 7) is 1.53. The van der Waals surface area contributed by atoms with Gasteiger partial charge < -0.3 is 24.3 Å². The van der Waals surface area contributed by atoms with Gasteiger partial charge in [-0.3, -0.25) is 0 Å². The molecule has 0 spiro atoms. The molecule has 5 nitrogen and oxygen atoms in total. The van der Waals surface area contributed by atoms with Crippen LogP contribution in [0.25, 0.3) is 0 Å². The molecule has 0 radical (unpaired) electrons. The van der Waals surface area contributed by atoms with Crippen molar-refractivity contribution >= 4 is 15.9 Å². The third-order valence-corrected chi connectivity index (χ3v) is 5.90. The lowest BCUT2D eigenvalue weighted by atomic mass is 9.95. The van der Waals surface area contributed by atoms with Crippen LogP contribution in [0.4, 0.5) is 0 Å². The van der Waals surface area contributed by atoms with Crippen LogP contribution < -0.4 is 24.3 Å². The van der Waals surface area contributed by atoms with Crippen LogP contribution in [0.3, 0.4) is 0 Å². The fraction of sp³-hybridized carbons (Fsp3) is 0.455. The Kier molecular flexibility index (Phi) is 6.27. The number of methoxy groups -OCH3 is 1. The minimum Gasteiger partial charge on any atom is -0.493 e. The van der Waals surface area contributed by atoms with Gasteiger partial charge in [-0.2, -0.15) is 0 Å². The topological polar surface area (TPSA) is 49.0 Å². The van der Waals surface area contributed by atoms with Crippen LogP contribution in [0, 0.1) is 0 Å². The molecule has 0 unspecified atom stereocenters. The second-order valence-corrected chi connectivity index (χ2v) is 8.16. The van der Waals surface area contributed by atoms with Crippen LogP contribution in [0.2, 0.25) is 0 Å². The van der Waals surface area contributed by atoms with Gasteiger partial charge in [0.1, 0.15) is 6.61 Å². The number of nitrogens with one attached hydrogen (secondary N) is 1. The van der Waals surface area contributed by atoms with Crippen molar-refractivity contribution < 1.29 is 18.9 Å². The van der Waals surface area contributed by atoms with Crippen molar-refractivity contribution in [3.63, 3.8) is 0 Å². The van der Waals surface area contributed by atoms with Crippen LogP contribution in [0.5, 0.6) is 23.0 Å². The van der Waals surface area contributed by atoms with Crippen molar-refractivity contribution in [2.24, 2.45) is 0 Å².